The molecule has 0 saturated carbocycles. The fraction of sp³-hybridized carbons (Fsp3) is 0.389. The van der Waals surface area contributed by atoms with Crippen LogP contribution < -0.4 is 19.7 Å². The molecule has 0 bridgehead atoms. The number of quaternary nitrogens is 1. The van der Waals surface area contributed by atoms with Gasteiger partial charge in [-0.3, -0.25) is 4.79 Å². The monoisotopic (exact) mass is 345 g/mol. The van der Waals surface area contributed by atoms with Gasteiger partial charge in [-0.05, 0) is 30.3 Å². The van der Waals surface area contributed by atoms with Crippen molar-refractivity contribution in [1.29, 1.82) is 0 Å². The Bertz CT molecular complexity index is 725. The number of furan rings is 1. The van der Waals surface area contributed by atoms with Gasteiger partial charge in [0.05, 0.1) is 26.0 Å². The topological polar surface area (TPSA) is 74.4 Å². The van der Waals surface area contributed by atoms with Gasteiger partial charge in [0.2, 0.25) is 6.79 Å². The number of carbonyl (C=O) groups is 1. The smallest absolute Gasteiger partial charge is 0.251 e. The summed E-state index contributed by atoms with van der Waals surface area (Å²) in [5.41, 5.74) is 0.555. The summed E-state index contributed by atoms with van der Waals surface area (Å²) in [5, 5.41) is 3.02. The molecule has 1 amide bonds. The summed E-state index contributed by atoms with van der Waals surface area (Å²) in [6.07, 6.45) is 1.67. The van der Waals surface area contributed by atoms with Crippen molar-refractivity contribution < 1.29 is 28.3 Å². The summed E-state index contributed by atoms with van der Waals surface area (Å²) >= 11 is 0. The quantitative estimate of drug-likeness (QED) is 0.820. The molecule has 3 heterocycles. The standard InChI is InChI=1S/C18H20N2O5/c21-18(13-3-4-16-17(10-13)25-12-24-16)19-11-14(15-2-1-7-23-15)20-5-8-22-9-6-20/h1-4,7,10,14H,5-6,8-9,11-12H2,(H,19,21)/p+1/t14-/m0/s1. The van der Waals surface area contributed by atoms with E-state index < -0.39 is 0 Å². The van der Waals surface area contributed by atoms with Gasteiger partial charge in [-0.15, -0.1) is 0 Å². The van der Waals surface area contributed by atoms with E-state index in [2.05, 4.69) is 5.32 Å². The number of rotatable bonds is 5. The molecule has 2 aliphatic heterocycles. The second-order valence-electron chi connectivity index (χ2n) is 6.12. The van der Waals surface area contributed by atoms with E-state index in [1.54, 1.807) is 24.5 Å². The first-order valence-corrected chi connectivity index (χ1v) is 8.45. The fourth-order valence-electron chi connectivity index (χ4n) is 3.25. The molecule has 132 valence electrons. The summed E-state index contributed by atoms with van der Waals surface area (Å²) in [6.45, 7) is 3.93. The van der Waals surface area contributed by atoms with E-state index in [4.69, 9.17) is 18.6 Å². The van der Waals surface area contributed by atoms with Gasteiger partial charge in [-0.25, -0.2) is 0 Å². The molecule has 2 N–H and O–H groups in total. The number of ether oxygens (including phenoxy) is 3. The largest absolute Gasteiger partial charge is 0.463 e. The lowest BCUT2D eigenvalue weighted by Crippen LogP contribution is -3.15. The Labute approximate surface area is 145 Å². The lowest BCUT2D eigenvalue weighted by atomic mass is 10.1. The van der Waals surface area contributed by atoms with Crippen LogP contribution in [0.5, 0.6) is 11.5 Å². The zero-order valence-corrected chi connectivity index (χ0v) is 13.8. The number of fused-ring (bicyclic) bond motifs is 1. The van der Waals surface area contributed by atoms with E-state index in [0.29, 0.717) is 23.6 Å². The highest BCUT2D eigenvalue weighted by Crippen LogP contribution is 2.32. The zero-order chi connectivity index (χ0) is 17.1. The normalized spacial score (nSPS) is 18.1. The van der Waals surface area contributed by atoms with Crippen LogP contribution in [0.2, 0.25) is 0 Å². The molecule has 0 aliphatic carbocycles. The molecule has 7 nitrogen and oxygen atoms in total. The van der Waals surface area contributed by atoms with Crippen molar-refractivity contribution in [2.75, 3.05) is 39.6 Å². The molecule has 25 heavy (non-hydrogen) atoms. The molecule has 0 unspecified atom stereocenters. The van der Waals surface area contributed by atoms with Gasteiger partial charge in [-0.2, -0.15) is 0 Å². The maximum atomic E-state index is 12.5. The van der Waals surface area contributed by atoms with E-state index in [1.165, 1.54) is 4.90 Å². The van der Waals surface area contributed by atoms with Gasteiger partial charge in [0.15, 0.2) is 23.3 Å². The van der Waals surface area contributed by atoms with Crippen LogP contribution in [-0.2, 0) is 4.74 Å². The van der Waals surface area contributed by atoms with Crippen molar-refractivity contribution in [2.45, 2.75) is 6.04 Å². The fourth-order valence-corrected chi connectivity index (χ4v) is 3.25. The lowest BCUT2D eigenvalue weighted by Gasteiger charge is -2.30. The highest BCUT2D eigenvalue weighted by molar-refractivity contribution is 5.94. The Hall–Kier alpha value is -2.51. The van der Waals surface area contributed by atoms with Gasteiger partial charge in [-0.1, -0.05) is 0 Å². The third-order valence-corrected chi connectivity index (χ3v) is 4.62. The van der Waals surface area contributed by atoms with Crippen LogP contribution in [0.3, 0.4) is 0 Å². The van der Waals surface area contributed by atoms with Crippen LogP contribution in [-0.4, -0.2) is 45.5 Å². The summed E-state index contributed by atoms with van der Waals surface area (Å²) < 4.78 is 21.7. The van der Waals surface area contributed by atoms with E-state index >= 15 is 0 Å². The van der Waals surface area contributed by atoms with Crippen molar-refractivity contribution in [2.24, 2.45) is 0 Å². The first kappa shape index (κ1) is 16.0. The molecule has 7 heteroatoms. The second kappa shape index (κ2) is 7.16. The minimum absolute atomic E-state index is 0.0665. The van der Waals surface area contributed by atoms with Crippen molar-refractivity contribution >= 4 is 5.91 Å². The Balaban J connectivity index is 1.44. The minimum atomic E-state index is -0.137. The maximum Gasteiger partial charge on any atom is 0.251 e. The molecular weight excluding hydrogens is 324 g/mol. The van der Waals surface area contributed by atoms with Gasteiger partial charge < -0.3 is 28.8 Å². The number of morpholine rings is 1. The molecule has 2 aromatic rings. The number of hydrogen-bond donors (Lipinski definition) is 2. The average Bonchev–Trinajstić information content (AvgIpc) is 3.34. The highest BCUT2D eigenvalue weighted by atomic mass is 16.7. The Kier molecular flexibility index (Phi) is 4.58. The van der Waals surface area contributed by atoms with E-state index in [1.807, 2.05) is 12.1 Å². The first-order valence-electron chi connectivity index (χ1n) is 8.45. The third-order valence-electron chi connectivity index (χ3n) is 4.62. The van der Waals surface area contributed by atoms with E-state index in [0.717, 1.165) is 32.1 Å². The van der Waals surface area contributed by atoms with Crippen LogP contribution >= 0.6 is 0 Å². The molecule has 1 fully saturated rings. The number of benzene rings is 1. The summed E-state index contributed by atoms with van der Waals surface area (Å²) in [4.78, 5) is 13.9. The first-order chi connectivity index (χ1) is 12.3. The highest BCUT2D eigenvalue weighted by Gasteiger charge is 2.29. The summed E-state index contributed by atoms with van der Waals surface area (Å²) in [7, 11) is 0. The molecule has 0 spiro atoms. The number of carbonyl (C=O) groups excluding carboxylic acids is 1. The molecule has 1 atom stereocenters. The lowest BCUT2D eigenvalue weighted by molar-refractivity contribution is -0.938. The third kappa shape index (κ3) is 3.47. The Morgan fingerprint density at radius 1 is 1.16 bits per heavy atom. The van der Waals surface area contributed by atoms with Crippen molar-refractivity contribution in [1.82, 2.24) is 5.32 Å². The second-order valence-corrected chi connectivity index (χ2v) is 6.12. The van der Waals surface area contributed by atoms with Gasteiger partial charge in [0.1, 0.15) is 13.1 Å². The SMILES string of the molecule is O=C(NC[C@@H](c1ccco1)[NH+]1CCOCC1)c1ccc2c(c1)OCO2. The van der Waals surface area contributed by atoms with Crippen LogP contribution in [0, 0.1) is 0 Å². The molecule has 0 radical (unpaired) electrons. The number of nitrogens with one attached hydrogen (secondary N) is 2. The molecule has 2 aliphatic rings. The van der Waals surface area contributed by atoms with Crippen LogP contribution in [0.15, 0.2) is 41.0 Å². The molecule has 1 aromatic carbocycles. The summed E-state index contributed by atoms with van der Waals surface area (Å²) in [5.74, 6) is 2.02. The van der Waals surface area contributed by atoms with E-state index in [9.17, 15) is 4.79 Å². The average molecular weight is 345 g/mol. The molecule has 1 aromatic heterocycles. The van der Waals surface area contributed by atoms with Gasteiger partial charge >= 0.3 is 0 Å². The minimum Gasteiger partial charge on any atom is -0.463 e. The van der Waals surface area contributed by atoms with Crippen molar-refractivity contribution in [3.8, 4) is 11.5 Å². The maximum absolute atomic E-state index is 12.5. The predicted molar refractivity (Wildman–Crippen MR) is 87.9 cm³/mol. The van der Waals surface area contributed by atoms with Gasteiger partial charge in [0.25, 0.3) is 5.91 Å². The zero-order valence-electron chi connectivity index (χ0n) is 13.8. The Morgan fingerprint density at radius 3 is 2.80 bits per heavy atom. The summed E-state index contributed by atoms with van der Waals surface area (Å²) in [6, 6.07) is 9.11. The molecule has 4 rings (SSSR count). The number of hydrogen-bond acceptors (Lipinski definition) is 5. The van der Waals surface area contributed by atoms with Crippen LogP contribution in [0.4, 0.5) is 0 Å². The molecular formula is C18H21N2O5+. The number of amides is 1. The van der Waals surface area contributed by atoms with Gasteiger partial charge in [0, 0.05) is 5.56 Å². The van der Waals surface area contributed by atoms with Crippen molar-refractivity contribution in [3.63, 3.8) is 0 Å². The predicted octanol–water partition coefficient (Wildman–Crippen LogP) is 0.395. The van der Waals surface area contributed by atoms with Crippen molar-refractivity contribution in [3.05, 3.63) is 47.9 Å². The van der Waals surface area contributed by atoms with Crippen LogP contribution in [0.25, 0.3) is 0 Å². The molecule has 1 saturated heterocycles. The van der Waals surface area contributed by atoms with E-state index in [-0.39, 0.29) is 18.7 Å². The Morgan fingerprint density at radius 2 is 2.00 bits per heavy atom. The van der Waals surface area contributed by atoms with Crippen LogP contribution in [0.1, 0.15) is 22.2 Å².